The number of halogens is 4. The Hall–Kier alpha value is -0.210. The third kappa shape index (κ3) is 3.17. The van der Waals surface area contributed by atoms with Gasteiger partial charge in [0.2, 0.25) is 0 Å². The van der Waals surface area contributed by atoms with E-state index in [9.17, 15) is 4.79 Å². The Labute approximate surface area is 138 Å². The van der Waals surface area contributed by atoms with Crippen LogP contribution in [0.25, 0.3) is 0 Å². The number of ketones is 1. The summed E-state index contributed by atoms with van der Waals surface area (Å²) < 4.78 is 0. The second-order valence-electron chi connectivity index (χ2n) is 5.20. The van der Waals surface area contributed by atoms with Gasteiger partial charge in [0.05, 0.1) is 15.7 Å². The largest absolute Gasteiger partial charge is 0.300 e. The van der Waals surface area contributed by atoms with Crippen LogP contribution in [0, 0.1) is 5.92 Å². The van der Waals surface area contributed by atoms with Crippen molar-refractivity contribution in [2.75, 3.05) is 0 Å². The average molecular weight is 352 g/mol. The molecule has 0 heterocycles. The molecule has 0 radical (unpaired) electrons. The normalized spacial score (nSPS) is 34.5. The molecule has 0 aromatic carbocycles. The summed E-state index contributed by atoms with van der Waals surface area (Å²) in [6.07, 6.45) is 11.4. The Bertz CT molecular complexity index is 504. The second kappa shape index (κ2) is 5.88. The number of alkyl halides is 2. The number of allylic oxidation sites excluding steroid dienone is 8. The number of carbonyl (C=O) groups excluding carboxylic acids is 1. The Morgan fingerprint density at radius 1 is 1.05 bits per heavy atom. The maximum atomic E-state index is 12.2. The van der Waals surface area contributed by atoms with E-state index in [1.165, 1.54) is 6.92 Å². The third-order valence-electron chi connectivity index (χ3n) is 3.55. The lowest BCUT2D eigenvalue weighted by Gasteiger charge is -2.42. The van der Waals surface area contributed by atoms with E-state index in [4.69, 9.17) is 46.4 Å². The number of carbonyl (C=O) groups is 1. The zero-order chi connectivity index (χ0) is 15.0. The molecule has 20 heavy (non-hydrogen) atoms. The summed E-state index contributed by atoms with van der Waals surface area (Å²) in [6, 6.07) is 0. The molecule has 0 aromatic rings. The van der Waals surface area contributed by atoms with E-state index in [1.54, 1.807) is 36.5 Å². The molecule has 2 rings (SSSR count). The lowest BCUT2D eigenvalue weighted by Crippen LogP contribution is -2.48. The van der Waals surface area contributed by atoms with Crippen molar-refractivity contribution in [3.05, 3.63) is 46.5 Å². The van der Waals surface area contributed by atoms with Crippen LogP contribution in [0.1, 0.15) is 19.8 Å². The molecule has 2 atom stereocenters. The predicted octanol–water partition coefficient (Wildman–Crippen LogP) is 5.31. The lowest BCUT2D eigenvalue weighted by atomic mass is 9.72. The Morgan fingerprint density at radius 3 is 1.75 bits per heavy atom. The number of hydrogen-bond donors (Lipinski definition) is 0. The molecule has 0 saturated heterocycles. The van der Waals surface area contributed by atoms with E-state index in [-0.39, 0.29) is 5.78 Å². The molecule has 2 aliphatic rings. The summed E-state index contributed by atoms with van der Waals surface area (Å²) in [5, 5.41) is 1.21. The molecule has 108 valence electrons. The number of Topliss-reactive ketones (excluding diaryl/α,β-unsaturated/α-hetero) is 1. The fourth-order valence-corrected chi connectivity index (χ4v) is 4.76. The summed E-state index contributed by atoms with van der Waals surface area (Å²) in [5.74, 6) is -0.697. The van der Waals surface area contributed by atoms with Crippen LogP contribution in [0.15, 0.2) is 46.5 Å². The van der Waals surface area contributed by atoms with Crippen molar-refractivity contribution in [1.29, 1.82) is 0 Å². The molecule has 0 aliphatic heterocycles. The van der Waals surface area contributed by atoms with Crippen molar-refractivity contribution in [2.24, 2.45) is 5.92 Å². The SMILES string of the molecule is CC(=O)C(C1(Cl)C=CC=C(Cl)C1)C1(Cl)C=CC=C(Cl)C1. The standard InChI is InChI=1S/C15H14Cl4O/c1-10(20)13(14(18)6-2-4-11(16)8-14)15(19)7-3-5-12(17)9-15/h2-7,13H,8-9H2,1H3. The maximum Gasteiger partial charge on any atom is 0.137 e. The molecule has 0 amide bonds. The summed E-state index contributed by atoms with van der Waals surface area (Å²) >= 11 is 25.5. The number of rotatable bonds is 3. The fraction of sp³-hybridized carbons (Fsp3) is 0.400. The summed E-state index contributed by atoms with van der Waals surface area (Å²) in [6.45, 7) is 1.50. The Morgan fingerprint density at radius 2 is 1.45 bits per heavy atom. The highest BCUT2D eigenvalue weighted by Gasteiger charge is 2.51. The zero-order valence-corrected chi connectivity index (χ0v) is 13.9. The Balaban J connectivity index is 2.41. The topological polar surface area (TPSA) is 17.1 Å². The summed E-state index contributed by atoms with van der Waals surface area (Å²) in [7, 11) is 0. The van der Waals surface area contributed by atoms with Crippen molar-refractivity contribution >= 4 is 52.2 Å². The van der Waals surface area contributed by atoms with Crippen LogP contribution in [0.4, 0.5) is 0 Å². The Kier molecular flexibility index (Phi) is 4.76. The van der Waals surface area contributed by atoms with Crippen molar-refractivity contribution in [1.82, 2.24) is 0 Å². The summed E-state index contributed by atoms with van der Waals surface area (Å²) in [4.78, 5) is 10.3. The van der Waals surface area contributed by atoms with Crippen LogP contribution in [0.3, 0.4) is 0 Å². The van der Waals surface area contributed by atoms with Gasteiger partial charge in [-0.25, -0.2) is 0 Å². The van der Waals surface area contributed by atoms with Gasteiger partial charge >= 0.3 is 0 Å². The van der Waals surface area contributed by atoms with Crippen LogP contribution in [-0.4, -0.2) is 15.5 Å². The van der Waals surface area contributed by atoms with Gasteiger partial charge in [-0.2, -0.15) is 0 Å². The molecule has 0 N–H and O–H groups in total. The maximum absolute atomic E-state index is 12.2. The smallest absolute Gasteiger partial charge is 0.137 e. The van der Waals surface area contributed by atoms with Gasteiger partial charge < -0.3 is 0 Å². The van der Waals surface area contributed by atoms with Crippen LogP contribution >= 0.6 is 46.4 Å². The van der Waals surface area contributed by atoms with Gasteiger partial charge in [0, 0.05) is 22.9 Å². The van der Waals surface area contributed by atoms with E-state index in [0.717, 1.165) is 0 Å². The molecule has 0 bridgehead atoms. The molecular weight excluding hydrogens is 338 g/mol. The van der Waals surface area contributed by atoms with Crippen LogP contribution in [0.5, 0.6) is 0 Å². The van der Waals surface area contributed by atoms with Gasteiger partial charge in [0.25, 0.3) is 0 Å². The van der Waals surface area contributed by atoms with E-state index in [0.29, 0.717) is 22.9 Å². The van der Waals surface area contributed by atoms with Crippen LogP contribution in [0.2, 0.25) is 0 Å². The van der Waals surface area contributed by atoms with Crippen molar-refractivity contribution < 1.29 is 4.79 Å². The first-order valence-electron chi connectivity index (χ1n) is 6.23. The van der Waals surface area contributed by atoms with Gasteiger partial charge in [-0.05, 0) is 19.1 Å². The third-order valence-corrected chi connectivity index (χ3v) is 5.02. The van der Waals surface area contributed by atoms with Crippen molar-refractivity contribution in [2.45, 2.75) is 29.5 Å². The molecule has 2 unspecified atom stereocenters. The van der Waals surface area contributed by atoms with Crippen molar-refractivity contribution in [3.63, 3.8) is 0 Å². The molecule has 0 aromatic heterocycles. The van der Waals surface area contributed by atoms with E-state index < -0.39 is 15.7 Å². The van der Waals surface area contributed by atoms with Gasteiger partial charge in [0.15, 0.2) is 0 Å². The van der Waals surface area contributed by atoms with Crippen LogP contribution < -0.4 is 0 Å². The molecule has 0 fully saturated rings. The minimum absolute atomic E-state index is 0.0815. The molecule has 0 saturated carbocycles. The van der Waals surface area contributed by atoms with E-state index in [1.807, 2.05) is 0 Å². The highest BCUT2D eigenvalue weighted by atomic mass is 35.5. The summed E-state index contributed by atoms with van der Waals surface area (Å²) in [5.41, 5.74) is 0. The van der Waals surface area contributed by atoms with Gasteiger partial charge in [-0.3, -0.25) is 4.79 Å². The van der Waals surface area contributed by atoms with Gasteiger partial charge in [0.1, 0.15) is 5.78 Å². The predicted molar refractivity (Wildman–Crippen MR) is 86.7 cm³/mol. The first kappa shape index (κ1) is 16.2. The van der Waals surface area contributed by atoms with Gasteiger partial charge in [-0.1, -0.05) is 47.5 Å². The van der Waals surface area contributed by atoms with Gasteiger partial charge in [-0.15, -0.1) is 23.2 Å². The minimum atomic E-state index is -0.932. The molecule has 1 nitrogen and oxygen atoms in total. The fourth-order valence-electron chi connectivity index (χ4n) is 2.85. The van der Waals surface area contributed by atoms with Crippen LogP contribution in [-0.2, 0) is 4.79 Å². The highest BCUT2D eigenvalue weighted by Crippen LogP contribution is 2.49. The lowest BCUT2D eigenvalue weighted by molar-refractivity contribution is -0.122. The average Bonchev–Trinajstić information content (AvgIpc) is 2.25. The monoisotopic (exact) mass is 350 g/mol. The number of hydrogen-bond acceptors (Lipinski definition) is 1. The molecule has 2 aliphatic carbocycles. The quantitative estimate of drug-likeness (QED) is 0.629. The zero-order valence-electron chi connectivity index (χ0n) is 10.9. The minimum Gasteiger partial charge on any atom is -0.300 e. The second-order valence-corrected chi connectivity index (χ2v) is 7.57. The van der Waals surface area contributed by atoms with E-state index >= 15 is 0 Å². The molecule has 0 spiro atoms. The van der Waals surface area contributed by atoms with Crippen molar-refractivity contribution in [3.8, 4) is 0 Å². The molecular formula is C15H14Cl4O. The van der Waals surface area contributed by atoms with E-state index in [2.05, 4.69) is 0 Å². The molecule has 5 heteroatoms. The first-order valence-corrected chi connectivity index (χ1v) is 7.74. The highest BCUT2D eigenvalue weighted by molar-refractivity contribution is 6.35. The first-order chi connectivity index (χ1) is 9.27.